The number of carbonyl (C=O) groups excluding carboxylic acids is 2. The first-order valence-corrected chi connectivity index (χ1v) is 18.0. The fourth-order valence-electron chi connectivity index (χ4n) is 7.34. The fraction of sp³-hybridized carbons (Fsp3) is 0. The highest BCUT2D eigenvalue weighted by Crippen LogP contribution is 2.41. The van der Waals surface area contributed by atoms with E-state index in [-0.39, 0.29) is 0 Å². The molecule has 0 bridgehead atoms. The highest BCUT2D eigenvalue weighted by atomic mass is 16.2. The first kappa shape index (κ1) is 32.6. The van der Waals surface area contributed by atoms with Gasteiger partial charge >= 0.3 is 0 Å². The van der Waals surface area contributed by atoms with Crippen LogP contribution in [-0.4, -0.2) is 11.6 Å². The minimum Gasteiger partial charge on any atom is -0.311 e. The van der Waals surface area contributed by atoms with Crippen molar-refractivity contribution in [2.24, 2.45) is 0 Å². The maximum absolute atomic E-state index is 13.3. The van der Waals surface area contributed by atoms with E-state index >= 15 is 0 Å². The van der Waals surface area contributed by atoms with Gasteiger partial charge < -0.3 is 9.80 Å². The van der Waals surface area contributed by atoms with Gasteiger partial charge in [-0.1, -0.05) is 109 Å². The highest BCUT2D eigenvalue weighted by Gasteiger charge is 2.31. The van der Waals surface area contributed by atoms with Crippen LogP contribution in [0.2, 0.25) is 0 Å². The monoisotopic (exact) mass is 694 g/mol. The minimum absolute atomic E-state index is 0.432. The average molecular weight is 695 g/mol. The van der Waals surface area contributed by atoms with Gasteiger partial charge in [-0.05, 0) is 130 Å². The van der Waals surface area contributed by atoms with E-state index in [1.165, 1.54) is 0 Å². The van der Waals surface area contributed by atoms with Gasteiger partial charge in [-0.2, -0.15) is 0 Å². The third-order valence-corrected chi connectivity index (χ3v) is 10.0. The predicted molar refractivity (Wildman–Crippen MR) is 221 cm³/mol. The maximum Gasteiger partial charge on any atom is 0.234 e. The molecule has 0 aromatic heterocycles. The summed E-state index contributed by atoms with van der Waals surface area (Å²) in [6.45, 7) is 0. The van der Waals surface area contributed by atoms with Crippen LogP contribution < -0.4 is 9.80 Å². The molecule has 0 unspecified atom stereocenters. The summed E-state index contributed by atoms with van der Waals surface area (Å²) < 4.78 is 0. The Kier molecular flexibility index (Phi) is 8.46. The number of benzene rings is 8. The number of fused-ring (bicyclic) bond motifs is 3. The molecule has 1 aliphatic carbocycles. The van der Waals surface area contributed by atoms with Crippen LogP contribution in [0.15, 0.2) is 206 Å². The molecule has 0 N–H and O–H groups in total. The van der Waals surface area contributed by atoms with E-state index in [1.54, 1.807) is 12.1 Å². The summed E-state index contributed by atoms with van der Waals surface area (Å²) in [7, 11) is 0. The van der Waals surface area contributed by atoms with Crippen molar-refractivity contribution in [1.29, 1.82) is 0 Å². The Balaban J connectivity index is 1.06. The molecule has 8 aromatic carbocycles. The molecule has 0 amide bonds. The summed E-state index contributed by atoms with van der Waals surface area (Å²) in [5.41, 5.74) is 12.7. The van der Waals surface area contributed by atoms with Gasteiger partial charge in [-0.3, -0.25) is 9.59 Å². The molecule has 8 aromatic rings. The van der Waals surface area contributed by atoms with Crippen LogP contribution >= 0.6 is 0 Å². The zero-order valence-electron chi connectivity index (χ0n) is 29.3. The molecule has 9 rings (SSSR count). The molecule has 0 fully saturated rings. The average Bonchev–Trinajstić information content (AvgIpc) is 3.25. The summed E-state index contributed by atoms with van der Waals surface area (Å²) in [4.78, 5) is 31.1. The van der Waals surface area contributed by atoms with E-state index in [0.717, 1.165) is 67.5 Å². The zero-order chi connectivity index (χ0) is 36.4. The van der Waals surface area contributed by atoms with Gasteiger partial charge in [0.15, 0.2) is 0 Å². The second-order valence-electron chi connectivity index (χ2n) is 13.3. The molecule has 1 aliphatic rings. The van der Waals surface area contributed by atoms with Gasteiger partial charge in [0.1, 0.15) is 0 Å². The van der Waals surface area contributed by atoms with Crippen LogP contribution in [0.3, 0.4) is 0 Å². The van der Waals surface area contributed by atoms with Gasteiger partial charge in [0.2, 0.25) is 11.6 Å². The van der Waals surface area contributed by atoms with Crippen molar-refractivity contribution < 1.29 is 9.59 Å². The molecule has 0 aliphatic heterocycles. The Bertz CT molecular complexity index is 2340. The van der Waals surface area contributed by atoms with E-state index < -0.39 is 11.6 Å². The lowest BCUT2D eigenvalue weighted by Crippen LogP contribution is -2.21. The normalized spacial score (nSPS) is 11.8. The molecular formula is C50H34N2O2. The van der Waals surface area contributed by atoms with E-state index in [2.05, 4.69) is 107 Å². The molecule has 0 radical (unpaired) electrons. The quantitative estimate of drug-likeness (QED) is 0.148. The van der Waals surface area contributed by atoms with E-state index in [0.29, 0.717) is 11.1 Å². The van der Waals surface area contributed by atoms with Gasteiger partial charge in [-0.15, -0.1) is 0 Å². The Morgan fingerprint density at radius 1 is 0.241 bits per heavy atom. The van der Waals surface area contributed by atoms with Gasteiger partial charge in [0.25, 0.3) is 0 Å². The van der Waals surface area contributed by atoms with Crippen molar-refractivity contribution in [3.63, 3.8) is 0 Å². The topological polar surface area (TPSA) is 40.6 Å². The molecule has 256 valence electrons. The Morgan fingerprint density at radius 2 is 0.500 bits per heavy atom. The van der Waals surface area contributed by atoms with Crippen molar-refractivity contribution in [2.75, 3.05) is 9.80 Å². The first-order valence-electron chi connectivity index (χ1n) is 18.0. The molecule has 0 spiro atoms. The number of carbonyl (C=O) groups is 2. The lowest BCUT2D eigenvalue weighted by molar-refractivity contribution is 0.0815. The maximum atomic E-state index is 13.3. The summed E-state index contributed by atoms with van der Waals surface area (Å²) in [6, 6.07) is 69.7. The SMILES string of the molecule is O=C1C(=O)c2ccc(-c3ccc(N(c4ccccc4)c4ccccc4)cc3)cc2-c2cc(-c3ccc(N(c4ccccc4)c4ccccc4)cc3)ccc21. The Labute approximate surface area is 314 Å². The molecule has 54 heavy (non-hydrogen) atoms. The number of para-hydroxylation sites is 4. The second kappa shape index (κ2) is 14.0. The van der Waals surface area contributed by atoms with Crippen LogP contribution in [0.1, 0.15) is 20.7 Å². The van der Waals surface area contributed by atoms with Crippen LogP contribution in [0.5, 0.6) is 0 Å². The van der Waals surface area contributed by atoms with Crippen LogP contribution in [0, 0.1) is 0 Å². The summed E-state index contributed by atoms with van der Waals surface area (Å²) >= 11 is 0. The number of hydrogen-bond donors (Lipinski definition) is 0. The third kappa shape index (κ3) is 6.06. The highest BCUT2D eigenvalue weighted by molar-refractivity contribution is 6.53. The lowest BCUT2D eigenvalue weighted by Gasteiger charge is -2.25. The number of ketones is 2. The second-order valence-corrected chi connectivity index (χ2v) is 13.3. The van der Waals surface area contributed by atoms with E-state index in [4.69, 9.17) is 0 Å². The Morgan fingerprint density at radius 3 is 0.796 bits per heavy atom. The number of anilines is 6. The zero-order valence-corrected chi connectivity index (χ0v) is 29.3. The van der Waals surface area contributed by atoms with E-state index in [9.17, 15) is 9.59 Å². The van der Waals surface area contributed by atoms with Crippen molar-refractivity contribution in [3.05, 3.63) is 217 Å². The number of hydrogen-bond acceptors (Lipinski definition) is 4. The molecule has 4 heteroatoms. The van der Waals surface area contributed by atoms with Gasteiger partial charge in [0, 0.05) is 45.3 Å². The molecule has 4 nitrogen and oxygen atoms in total. The van der Waals surface area contributed by atoms with E-state index in [1.807, 2.05) is 97.1 Å². The predicted octanol–water partition coefficient (Wildman–Crippen LogP) is 13.0. The van der Waals surface area contributed by atoms with Gasteiger partial charge in [0.05, 0.1) is 0 Å². The molecule has 0 atom stereocenters. The minimum atomic E-state index is -0.472. The molecule has 0 saturated heterocycles. The van der Waals surface area contributed by atoms with Crippen molar-refractivity contribution in [1.82, 2.24) is 0 Å². The van der Waals surface area contributed by atoms with Crippen molar-refractivity contribution >= 4 is 45.7 Å². The number of Topliss-reactive ketones (excluding diaryl/α,β-unsaturated/α-hetero) is 2. The third-order valence-electron chi connectivity index (χ3n) is 10.0. The molecular weight excluding hydrogens is 661 g/mol. The smallest absolute Gasteiger partial charge is 0.234 e. The van der Waals surface area contributed by atoms with Crippen LogP contribution in [0.25, 0.3) is 33.4 Å². The Hall–Kier alpha value is -7.30. The number of nitrogens with zero attached hydrogens (tertiary/aromatic N) is 2. The molecule has 0 heterocycles. The summed E-state index contributed by atoms with van der Waals surface area (Å²) in [6.07, 6.45) is 0. The largest absolute Gasteiger partial charge is 0.311 e. The van der Waals surface area contributed by atoms with Crippen LogP contribution in [0.4, 0.5) is 34.1 Å². The van der Waals surface area contributed by atoms with Crippen molar-refractivity contribution in [2.45, 2.75) is 0 Å². The summed E-state index contributed by atoms with van der Waals surface area (Å²) in [5.74, 6) is -0.945. The standard InChI is InChI=1S/C50H34N2O2/c53-49-45-31-25-37(35-21-27-43(28-22-35)51(39-13-5-1-6-14-39)40-15-7-2-8-16-40)33-47(45)48-34-38(26-32-46(48)50(49)54)36-23-29-44(30-24-36)52(41-17-9-3-10-18-41)42-19-11-4-12-20-42/h1-34H. The summed E-state index contributed by atoms with van der Waals surface area (Å²) in [5, 5.41) is 0. The lowest BCUT2D eigenvalue weighted by atomic mass is 9.81. The fourth-order valence-corrected chi connectivity index (χ4v) is 7.34. The first-order chi connectivity index (χ1) is 26.6. The van der Waals surface area contributed by atoms with Crippen molar-refractivity contribution in [3.8, 4) is 33.4 Å². The molecule has 0 saturated carbocycles. The number of rotatable bonds is 8. The van der Waals surface area contributed by atoms with Crippen LogP contribution in [-0.2, 0) is 0 Å². The van der Waals surface area contributed by atoms with Gasteiger partial charge in [-0.25, -0.2) is 0 Å².